The lowest BCUT2D eigenvalue weighted by Gasteiger charge is -2.15. The molecule has 0 atom stereocenters. The molecule has 1 heterocycles. The first kappa shape index (κ1) is 20.8. The van der Waals surface area contributed by atoms with Crippen molar-refractivity contribution >= 4 is 17.3 Å². The average Bonchev–Trinajstić information content (AvgIpc) is 2.64. The SMILES string of the molecule is C=CC(=O)Nc1ccc(Oc2ncc(C)cc2[N+](=O)[O-])c(OCCN(C)C)c1. The third kappa shape index (κ3) is 5.78. The van der Waals surface area contributed by atoms with Gasteiger partial charge in [-0.3, -0.25) is 14.9 Å². The number of rotatable bonds is 9. The highest BCUT2D eigenvalue weighted by Crippen LogP contribution is 2.36. The fourth-order valence-corrected chi connectivity index (χ4v) is 2.17. The van der Waals surface area contributed by atoms with Crippen LogP contribution in [0.2, 0.25) is 0 Å². The number of carbonyl (C=O) groups excluding carboxylic acids is 1. The lowest BCUT2D eigenvalue weighted by molar-refractivity contribution is -0.386. The normalized spacial score (nSPS) is 10.4. The second-order valence-corrected chi connectivity index (χ2v) is 6.20. The fraction of sp³-hybridized carbons (Fsp3) is 0.263. The highest BCUT2D eigenvalue weighted by atomic mass is 16.6. The van der Waals surface area contributed by atoms with Crippen molar-refractivity contribution in [1.29, 1.82) is 0 Å². The number of pyridine rings is 1. The molecule has 0 unspecified atom stereocenters. The van der Waals surface area contributed by atoms with Crippen molar-refractivity contribution in [1.82, 2.24) is 9.88 Å². The third-order valence-electron chi connectivity index (χ3n) is 3.56. The number of nitrogens with zero attached hydrogens (tertiary/aromatic N) is 3. The van der Waals surface area contributed by atoms with Crippen LogP contribution in [0.15, 0.2) is 43.1 Å². The summed E-state index contributed by atoms with van der Waals surface area (Å²) in [4.78, 5) is 28.2. The van der Waals surface area contributed by atoms with Crippen LogP contribution >= 0.6 is 0 Å². The number of benzene rings is 1. The number of carbonyl (C=O) groups is 1. The number of anilines is 1. The summed E-state index contributed by atoms with van der Waals surface area (Å²) >= 11 is 0. The fourth-order valence-electron chi connectivity index (χ4n) is 2.17. The molecule has 2 rings (SSSR count). The van der Waals surface area contributed by atoms with E-state index in [9.17, 15) is 14.9 Å². The second-order valence-electron chi connectivity index (χ2n) is 6.20. The Kier molecular flexibility index (Phi) is 7.05. The number of amides is 1. The summed E-state index contributed by atoms with van der Waals surface area (Å²) in [6.45, 7) is 6.11. The number of nitrogens with one attached hydrogen (secondary N) is 1. The smallest absolute Gasteiger partial charge is 0.331 e. The minimum absolute atomic E-state index is 0.143. The van der Waals surface area contributed by atoms with Crippen molar-refractivity contribution in [2.45, 2.75) is 6.92 Å². The third-order valence-corrected chi connectivity index (χ3v) is 3.56. The highest BCUT2D eigenvalue weighted by molar-refractivity contribution is 5.99. The van der Waals surface area contributed by atoms with E-state index in [0.717, 1.165) is 6.08 Å². The number of aromatic nitrogens is 1. The highest BCUT2D eigenvalue weighted by Gasteiger charge is 2.20. The molecule has 1 aromatic heterocycles. The van der Waals surface area contributed by atoms with E-state index < -0.39 is 4.92 Å². The van der Waals surface area contributed by atoms with Crippen LogP contribution in [0.25, 0.3) is 0 Å². The molecule has 0 saturated carbocycles. The molecular formula is C19H22N4O5. The maximum Gasteiger partial charge on any atom is 0.331 e. The van der Waals surface area contributed by atoms with Gasteiger partial charge in [0.25, 0.3) is 5.88 Å². The summed E-state index contributed by atoms with van der Waals surface area (Å²) < 4.78 is 11.4. The van der Waals surface area contributed by atoms with Crippen LogP contribution in [0.1, 0.15) is 5.56 Å². The molecule has 148 valence electrons. The molecule has 0 spiro atoms. The summed E-state index contributed by atoms with van der Waals surface area (Å²) in [7, 11) is 3.81. The quantitative estimate of drug-likeness (QED) is 0.401. The first-order valence-electron chi connectivity index (χ1n) is 8.44. The Morgan fingerprint density at radius 2 is 2.11 bits per heavy atom. The van der Waals surface area contributed by atoms with Crippen LogP contribution in [-0.2, 0) is 4.79 Å². The molecule has 0 aliphatic rings. The van der Waals surface area contributed by atoms with E-state index in [-0.39, 0.29) is 23.2 Å². The zero-order valence-electron chi connectivity index (χ0n) is 16.0. The van der Waals surface area contributed by atoms with Gasteiger partial charge in [0, 0.05) is 30.6 Å². The first-order valence-corrected chi connectivity index (χ1v) is 8.44. The second kappa shape index (κ2) is 9.47. The van der Waals surface area contributed by atoms with E-state index in [1.807, 2.05) is 19.0 Å². The maximum absolute atomic E-state index is 11.5. The lowest BCUT2D eigenvalue weighted by Crippen LogP contribution is -2.19. The number of aryl methyl sites for hydroxylation is 1. The van der Waals surface area contributed by atoms with E-state index in [2.05, 4.69) is 16.9 Å². The molecule has 0 aliphatic heterocycles. The van der Waals surface area contributed by atoms with Crippen LogP contribution in [-0.4, -0.2) is 48.0 Å². The molecule has 9 nitrogen and oxygen atoms in total. The van der Waals surface area contributed by atoms with E-state index in [0.29, 0.717) is 30.2 Å². The molecule has 2 aromatic rings. The van der Waals surface area contributed by atoms with Crippen LogP contribution in [0, 0.1) is 17.0 Å². The van der Waals surface area contributed by atoms with Gasteiger partial charge in [-0.15, -0.1) is 0 Å². The van der Waals surface area contributed by atoms with Crippen LogP contribution in [0.4, 0.5) is 11.4 Å². The zero-order valence-corrected chi connectivity index (χ0v) is 16.0. The molecule has 1 N–H and O–H groups in total. The Labute approximate surface area is 162 Å². The Morgan fingerprint density at radius 3 is 2.75 bits per heavy atom. The summed E-state index contributed by atoms with van der Waals surface area (Å²) in [5.41, 5.74) is 0.871. The Bertz CT molecular complexity index is 883. The summed E-state index contributed by atoms with van der Waals surface area (Å²) in [6.07, 6.45) is 2.63. The van der Waals surface area contributed by atoms with Crippen molar-refractivity contribution in [2.24, 2.45) is 0 Å². The van der Waals surface area contributed by atoms with Crippen molar-refractivity contribution in [2.75, 3.05) is 32.6 Å². The monoisotopic (exact) mass is 386 g/mol. The van der Waals surface area contributed by atoms with Gasteiger partial charge in [0.05, 0.1) is 4.92 Å². The lowest BCUT2D eigenvalue weighted by atomic mass is 10.2. The zero-order chi connectivity index (χ0) is 20.7. The summed E-state index contributed by atoms with van der Waals surface area (Å²) in [5, 5.41) is 13.9. The molecule has 0 fully saturated rings. The molecule has 0 bridgehead atoms. The minimum atomic E-state index is -0.555. The van der Waals surface area contributed by atoms with Gasteiger partial charge in [-0.05, 0) is 44.8 Å². The largest absolute Gasteiger partial charge is 0.488 e. The maximum atomic E-state index is 11.5. The van der Waals surface area contributed by atoms with Crippen molar-refractivity contribution in [3.63, 3.8) is 0 Å². The number of hydrogen-bond acceptors (Lipinski definition) is 7. The predicted molar refractivity (Wildman–Crippen MR) is 105 cm³/mol. The Balaban J connectivity index is 2.34. The topological polar surface area (TPSA) is 107 Å². The number of likely N-dealkylation sites (N-methyl/N-ethyl adjacent to an activating group) is 1. The van der Waals surface area contributed by atoms with E-state index in [1.165, 1.54) is 12.3 Å². The Hall–Kier alpha value is -3.46. The number of nitro groups is 1. The van der Waals surface area contributed by atoms with Crippen molar-refractivity contribution in [3.8, 4) is 17.4 Å². The predicted octanol–water partition coefficient (Wildman–Crippen LogP) is 3.16. The van der Waals surface area contributed by atoms with Gasteiger partial charge in [0.1, 0.15) is 6.61 Å². The molecular weight excluding hydrogens is 364 g/mol. The Morgan fingerprint density at radius 1 is 1.36 bits per heavy atom. The van der Waals surface area contributed by atoms with Crippen molar-refractivity contribution < 1.29 is 19.2 Å². The van der Waals surface area contributed by atoms with Crippen LogP contribution in [0.5, 0.6) is 17.4 Å². The first-order chi connectivity index (χ1) is 13.3. The molecule has 0 radical (unpaired) electrons. The van der Waals surface area contributed by atoms with E-state index >= 15 is 0 Å². The standard InChI is InChI=1S/C19H22N4O5/c1-5-18(24)21-14-6-7-16(17(11-14)27-9-8-22(3)4)28-19-15(23(25)26)10-13(2)12-20-19/h5-7,10-12H,1,8-9H2,2-4H3,(H,21,24). The number of hydrogen-bond donors (Lipinski definition) is 1. The van der Waals surface area contributed by atoms with Crippen LogP contribution in [0.3, 0.4) is 0 Å². The molecule has 0 aliphatic carbocycles. The van der Waals surface area contributed by atoms with Gasteiger partial charge < -0.3 is 19.7 Å². The van der Waals surface area contributed by atoms with E-state index in [4.69, 9.17) is 9.47 Å². The van der Waals surface area contributed by atoms with Gasteiger partial charge in [0.15, 0.2) is 11.5 Å². The van der Waals surface area contributed by atoms with Crippen molar-refractivity contribution in [3.05, 3.63) is 58.8 Å². The minimum Gasteiger partial charge on any atom is -0.488 e. The summed E-state index contributed by atoms with van der Waals surface area (Å²) in [5.74, 6) is 0.0508. The average molecular weight is 386 g/mol. The van der Waals surface area contributed by atoms with Gasteiger partial charge in [0.2, 0.25) is 5.91 Å². The van der Waals surface area contributed by atoms with Gasteiger partial charge >= 0.3 is 5.69 Å². The van der Waals surface area contributed by atoms with Gasteiger partial charge in [-0.25, -0.2) is 4.98 Å². The summed E-state index contributed by atoms with van der Waals surface area (Å²) in [6, 6.07) is 6.10. The van der Waals surface area contributed by atoms with E-state index in [1.54, 1.807) is 25.1 Å². The van der Waals surface area contributed by atoms with Crippen LogP contribution < -0.4 is 14.8 Å². The molecule has 9 heteroatoms. The number of ether oxygens (including phenoxy) is 2. The van der Waals surface area contributed by atoms with Gasteiger partial charge in [-0.2, -0.15) is 0 Å². The van der Waals surface area contributed by atoms with Gasteiger partial charge in [-0.1, -0.05) is 6.58 Å². The molecule has 28 heavy (non-hydrogen) atoms. The molecule has 0 saturated heterocycles. The molecule has 1 amide bonds. The molecule has 1 aromatic carbocycles.